The van der Waals surface area contributed by atoms with Gasteiger partial charge in [-0.05, 0) is 43.3 Å². The predicted molar refractivity (Wildman–Crippen MR) is 101 cm³/mol. The summed E-state index contributed by atoms with van der Waals surface area (Å²) in [4.78, 5) is 31.5. The third-order valence-corrected chi connectivity index (χ3v) is 4.40. The number of aromatic carboxylic acids is 1. The summed E-state index contributed by atoms with van der Waals surface area (Å²) in [5.74, 6) is -2.19. The molecule has 0 saturated heterocycles. The van der Waals surface area contributed by atoms with Crippen LogP contribution in [0, 0.1) is 5.82 Å². The van der Waals surface area contributed by atoms with Crippen molar-refractivity contribution >= 4 is 22.9 Å². The number of benzene rings is 2. The average molecular weight is 394 g/mol. The number of fused-ring (bicyclic) bond motifs is 1. The summed E-state index contributed by atoms with van der Waals surface area (Å²) >= 11 is 0. The molecule has 9 heteroatoms. The fraction of sp³-hybridized carbons (Fsp3) is 0.100. The fourth-order valence-corrected chi connectivity index (χ4v) is 3.00. The number of rotatable bonds is 5. The highest BCUT2D eigenvalue weighted by atomic mass is 19.1. The third kappa shape index (κ3) is 3.45. The van der Waals surface area contributed by atoms with Gasteiger partial charge in [0.25, 0.3) is 5.91 Å². The van der Waals surface area contributed by atoms with Crippen molar-refractivity contribution in [2.24, 2.45) is 0 Å². The van der Waals surface area contributed by atoms with Crippen LogP contribution in [0.5, 0.6) is 0 Å². The molecule has 29 heavy (non-hydrogen) atoms. The van der Waals surface area contributed by atoms with Gasteiger partial charge < -0.3 is 19.9 Å². The molecule has 3 N–H and O–H groups in total. The average Bonchev–Trinajstić information content (AvgIpc) is 3.33. The maximum Gasteiger partial charge on any atom is 0.341 e. The van der Waals surface area contributed by atoms with Crippen LogP contribution in [0.2, 0.25) is 0 Å². The second-order valence-corrected chi connectivity index (χ2v) is 6.38. The minimum absolute atomic E-state index is 0.0266. The zero-order valence-corrected chi connectivity index (χ0v) is 15.1. The van der Waals surface area contributed by atoms with Crippen molar-refractivity contribution in [3.8, 4) is 11.3 Å². The van der Waals surface area contributed by atoms with Crippen LogP contribution in [-0.4, -0.2) is 32.1 Å². The maximum absolute atomic E-state index is 13.2. The number of hydrogen-bond acceptors (Lipinski definition) is 5. The second-order valence-electron chi connectivity index (χ2n) is 6.38. The molecular weight excluding hydrogens is 379 g/mol. The number of nitrogens with zero attached hydrogens (tertiary/aromatic N) is 2. The molecule has 0 aliphatic rings. The van der Waals surface area contributed by atoms with Crippen molar-refractivity contribution < 1.29 is 23.6 Å². The first-order valence-electron chi connectivity index (χ1n) is 8.68. The summed E-state index contributed by atoms with van der Waals surface area (Å²) in [5, 5.41) is 16.1. The molecule has 0 fully saturated rings. The summed E-state index contributed by atoms with van der Waals surface area (Å²) in [6.07, 6.45) is 0. The first-order valence-corrected chi connectivity index (χ1v) is 8.68. The van der Waals surface area contributed by atoms with Gasteiger partial charge in [0.2, 0.25) is 0 Å². The van der Waals surface area contributed by atoms with E-state index >= 15 is 0 Å². The van der Waals surface area contributed by atoms with E-state index in [0.717, 1.165) is 0 Å². The highest BCUT2D eigenvalue weighted by Crippen LogP contribution is 2.29. The Morgan fingerprint density at radius 2 is 1.90 bits per heavy atom. The molecule has 0 aliphatic heterocycles. The molecule has 146 valence electrons. The van der Waals surface area contributed by atoms with Gasteiger partial charge in [-0.1, -0.05) is 17.3 Å². The van der Waals surface area contributed by atoms with Crippen LogP contribution in [0.4, 0.5) is 4.39 Å². The number of amides is 1. The smallest absolute Gasteiger partial charge is 0.341 e. The highest BCUT2D eigenvalue weighted by Gasteiger charge is 2.28. The molecule has 1 atom stereocenters. The van der Waals surface area contributed by atoms with Gasteiger partial charge in [0.15, 0.2) is 11.6 Å². The number of carbonyl (C=O) groups excluding carboxylic acids is 1. The lowest BCUT2D eigenvalue weighted by atomic mass is 10.0. The molecule has 1 amide bonds. The SMILES string of the molecule is CC(NC(=O)c1nc2ccccc2[nH]1)c1onc(-c2ccc(F)cc2)c1C(=O)O. The molecule has 2 aromatic heterocycles. The quantitative estimate of drug-likeness (QED) is 0.476. The molecule has 1 unspecified atom stereocenters. The Morgan fingerprint density at radius 1 is 1.17 bits per heavy atom. The van der Waals surface area contributed by atoms with E-state index in [2.05, 4.69) is 20.4 Å². The first kappa shape index (κ1) is 18.4. The van der Waals surface area contributed by atoms with Gasteiger partial charge in [0.05, 0.1) is 17.1 Å². The Labute approximate surface area is 163 Å². The number of para-hydroxylation sites is 2. The number of H-pyrrole nitrogens is 1. The summed E-state index contributed by atoms with van der Waals surface area (Å²) in [5.41, 5.74) is 1.57. The summed E-state index contributed by atoms with van der Waals surface area (Å²) in [7, 11) is 0. The molecule has 0 bridgehead atoms. The molecule has 2 heterocycles. The van der Waals surface area contributed by atoms with Crippen molar-refractivity contribution in [2.45, 2.75) is 13.0 Å². The zero-order valence-electron chi connectivity index (χ0n) is 15.1. The van der Waals surface area contributed by atoms with Crippen LogP contribution in [0.3, 0.4) is 0 Å². The molecule has 0 aliphatic carbocycles. The van der Waals surface area contributed by atoms with Crippen LogP contribution in [-0.2, 0) is 0 Å². The molecule has 0 spiro atoms. The molecule has 8 nitrogen and oxygen atoms in total. The number of nitrogens with one attached hydrogen (secondary N) is 2. The van der Waals surface area contributed by atoms with Crippen LogP contribution in [0.25, 0.3) is 22.3 Å². The summed E-state index contributed by atoms with van der Waals surface area (Å²) in [6.45, 7) is 1.57. The van der Waals surface area contributed by atoms with Crippen molar-refractivity contribution in [3.05, 3.63) is 71.5 Å². The van der Waals surface area contributed by atoms with Gasteiger partial charge in [-0.3, -0.25) is 4.79 Å². The van der Waals surface area contributed by atoms with E-state index in [0.29, 0.717) is 16.6 Å². The predicted octanol–water partition coefficient (Wildman–Crippen LogP) is 3.55. The van der Waals surface area contributed by atoms with Crippen molar-refractivity contribution in [2.75, 3.05) is 0 Å². The number of aromatic amines is 1. The topological polar surface area (TPSA) is 121 Å². The van der Waals surface area contributed by atoms with Crippen molar-refractivity contribution in [1.29, 1.82) is 0 Å². The number of imidazole rings is 1. The Bertz CT molecular complexity index is 1180. The molecule has 4 aromatic rings. The number of carboxylic acid groups (broad SMARTS) is 1. The van der Waals surface area contributed by atoms with Gasteiger partial charge in [0.1, 0.15) is 17.1 Å². The van der Waals surface area contributed by atoms with E-state index in [4.69, 9.17) is 4.52 Å². The normalized spacial score (nSPS) is 12.1. The van der Waals surface area contributed by atoms with Gasteiger partial charge in [0, 0.05) is 5.56 Å². The molecule has 4 rings (SSSR count). The Balaban J connectivity index is 1.62. The van der Waals surface area contributed by atoms with Crippen LogP contribution < -0.4 is 5.32 Å². The van der Waals surface area contributed by atoms with E-state index in [1.54, 1.807) is 25.1 Å². The van der Waals surface area contributed by atoms with Gasteiger partial charge in [-0.15, -0.1) is 0 Å². The number of hydrogen-bond donors (Lipinski definition) is 3. The number of halogens is 1. The van der Waals surface area contributed by atoms with Gasteiger partial charge in [-0.2, -0.15) is 0 Å². The van der Waals surface area contributed by atoms with Gasteiger partial charge in [-0.25, -0.2) is 14.2 Å². The van der Waals surface area contributed by atoms with Crippen LogP contribution in [0.15, 0.2) is 53.1 Å². The lowest BCUT2D eigenvalue weighted by Gasteiger charge is -2.10. The van der Waals surface area contributed by atoms with Gasteiger partial charge >= 0.3 is 5.97 Å². The Morgan fingerprint density at radius 3 is 2.59 bits per heavy atom. The maximum atomic E-state index is 13.2. The van der Waals surface area contributed by atoms with Crippen molar-refractivity contribution in [3.63, 3.8) is 0 Å². The lowest BCUT2D eigenvalue weighted by molar-refractivity contribution is 0.0692. The standard InChI is InChI=1S/C20H15FN4O4/c1-10(22-19(26)18-23-13-4-2-3-5-14(13)24-18)17-15(20(27)28)16(25-29-17)11-6-8-12(21)9-7-11/h2-10H,1H3,(H,22,26)(H,23,24)(H,27,28). The molecular formula is C20H15FN4O4. The van der Waals surface area contributed by atoms with Crippen molar-refractivity contribution in [1.82, 2.24) is 20.4 Å². The minimum Gasteiger partial charge on any atom is -0.477 e. The summed E-state index contributed by atoms with van der Waals surface area (Å²) in [6, 6.07) is 11.6. The van der Waals surface area contributed by atoms with E-state index in [-0.39, 0.29) is 22.8 Å². The number of carboxylic acids is 1. The van der Waals surface area contributed by atoms with E-state index < -0.39 is 23.7 Å². The number of aromatic nitrogens is 3. The Kier molecular flexibility index (Phi) is 4.55. The third-order valence-electron chi connectivity index (χ3n) is 4.40. The molecule has 0 saturated carbocycles. The fourth-order valence-electron chi connectivity index (χ4n) is 3.00. The van der Waals surface area contributed by atoms with Crippen LogP contribution >= 0.6 is 0 Å². The van der Waals surface area contributed by atoms with E-state index in [9.17, 15) is 19.1 Å². The Hall–Kier alpha value is -4.01. The van der Waals surface area contributed by atoms with E-state index in [1.807, 2.05) is 6.07 Å². The monoisotopic (exact) mass is 394 g/mol. The lowest BCUT2D eigenvalue weighted by Crippen LogP contribution is -2.28. The van der Waals surface area contributed by atoms with Crippen LogP contribution in [0.1, 0.15) is 39.7 Å². The molecule has 0 radical (unpaired) electrons. The molecule has 2 aromatic carbocycles. The number of carbonyl (C=O) groups is 2. The zero-order chi connectivity index (χ0) is 20.5. The van der Waals surface area contributed by atoms with E-state index in [1.165, 1.54) is 24.3 Å². The first-order chi connectivity index (χ1) is 13.9. The summed E-state index contributed by atoms with van der Waals surface area (Å²) < 4.78 is 18.4. The minimum atomic E-state index is -1.27. The second kappa shape index (κ2) is 7.19. The highest BCUT2D eigenvalue weighted by molar-refractivity contribution is 5.97. The largest absolute Gasteiger partial charge is 0.477 e.